The number of nitrogens with zero attached hydrogens (tertiary/aromatic N) is 2. The highest BCUT2D eigenvalue weighted by Gasteiger charge is 2.15. The van der Waals surface area contributed by atoms with Crippen LogP contribution in [0.1, 0.15) is 11.1 Å². The van der Waals surface area contributed by atoms with Crippen molar-refractivity contribution in [3.05, 3.63) is 41.5 Å². The van der Waals surface area contributed by atoms with Gasteiger partial charge in [-0.3, -0.25) is 4.90 Å². The van der Waals surface area contributed by atoms with Crippen LogP contribution in [0, 0.1) is 0 Å². The van der Waals surface area contributed by atoms with Gasteiger partial charge in [-0.2, -0.15) is 0 Å². The van der Waals surface area contributed by atoms with Gasteiger partial charge in [0.15, 0.2) is 5.84 Å². The number of nitrogens with two attached hydrogens (primary N) is 1. The molecule has 1 aliphatic heterocycles. The van der Waals surface area contributed by atoms with E-state index in [1.54, 1.807) is 6.08 Å². The van der Waals surface area contributed by atoms with Gasteiger partial charge in [-0.05, 0) is 17.2 Å². The second kappa shape index (κ2) is 8.53. The van der Waals surface area contributed by atoms with Gasteiger partial charge in [0.25, 0.3) is 0 Å². The number of hydrogen-bond acceptors (Lipinski definition) is 5. The van der Waals surface area contributed by atoms with Gasteiger partial charge in [-0.25, -0.2) is 0 Å². The van der Waals surface area contributed by atoms with Crippen LogP contribution in [0.5, 0.6) is 0 Å². The van der Waals surface area contributed by atoms with Gasteiger partial charge in [0, 0.05) is 26.1 Å². The Bertz CT molecular complexity index is 525. The van der Waals surface area contributed by atoms with Crippen LogP contribution in [0.4, 0.5) is 0 Å². The first-order valence-corrected chi connectivity index (χ1v) is 7.40. The molecule has 0 aromatic heterocycles. The second-order valence-corrected chi connectivity index (χ2v) is 5.33. The van der Waals surface area contributed by atoms with Crippen molar-refractivity contribution in [1.82, 2.24) is 4.90 Å². The fourth-order valence-electron chi connectivity index (χ4n) is 2.49. The minimum atomic E-state index is -0.434. The Labute approximate surface area is 130 Å². The largest absolute Gasteiger partial charge is 0.409 e. The fourth-order valence-corrected chi connectivity index (χ4v) is 2.49. The van der Waals surface area contributed by atoms with E-state index in [1.807, 2.05) is 24.3 Å². The molecule has 22 heavy (non-hydrogen) atoms. The number of oxime groups is 1. The SMILES string of the molecule is NC(C=Cc1ccccc1CC(O)CN1CCOCC1)=NO. The first-order chi connectivity index (χ1) is 10.7. The zero-order valence-corrected chi connectivity index (χ0v) is 12.6. The van der Waals surface area contributed by atoms with Gasteiger partial charge in [0.05, 0.1) is 19.3 Å². The quantitative estimate of drug-likeness (QED) is 0.311. The van der Waals surface area contributed by atoms with Crippen molar-refractivity contribution in [3.8, 4) is 0 Å². The van der Waals surface area contributed by atoms with Gasteiger partial charge in [0.1, 0.15) is 0 Å². The van der Waals surface area contributed by atoms with Crippen LogP contribution in [0.2, 0.25) is 0 Å². The van der Waals surface area contributed by atoms with Gasteiger partial charge in [0.2, 0.25) is 0 Å². The highest BCUT2D eigenvalue weighted by Crippen LogP contribution is 2.14. The number of aliphatic hydroxyl groups excluding tert-OH is 1. The number of benzene rings is 1. The molecule has 0 amide bonds. The summed E-state index contributed by atoms with van der Waals surface area (Å²) in [6, 6.07) is 7.79. The number of amidine groups is 1. The van der Waals surface area contributed by atoms with E-state index < -0.39 is 6.10 Å². The summed E-state index contributed by atoms with van der Waals surface area (Å²) in [5, 5.41) is 21.8. The number of β-amino-alcohol motifs (C(OH)–C–C–N with tert-alkyl or cyclic N) is 1. The first-order valence-electron chi connectivity index (χ1n) is 7.40. The molecule has 6 nitrogen and oxygen atoms in total. The summed E-state index contributed by atoms with van der Waals surface area (Å²) in [4.78, 5) is 2.21. The standard InChI is InChI=1S/C16H23N3O3/c17-16(18-21)6-5-13-3-1-2-4-14(13)11-15(20)12-19-7-9-22-10-8-19/h1-6,15,20-21H,7-12H2,(H2,17,18). The molecule has 0 aliphatic carbocycles. The molecule has 2 rings (SSSR count). The molecule has 1 aliphatic rings. The average Bonchev–Trinajstić information content (AvgIpc) is 2.54. The van der Waals surface area contributed by atoms with Crippen LogP contribution < -0.4 is 5.73 Å². The molecule has 0 radical (unpaired) electrons. The molecule has 0 bridgehead atoms. The van der Waals surface area contributed by atoms with Crippen LogP contribution in [-0.4, -0.2) is 60.0 Å². The molecule has 0 saturated carbocycles. The minimum Gasteiger partial charge on any atom is -0.409 e. The van der Waals surface area contributed by atoms with Crippen molar-refractivity contribution in [2.24, 2.45) is 10.9 Å². The third kappa shape index (κ3) is 5.14. The molecule has 1 heterocycles. The topological polar surface area (TPSA) is 91.3 Å². The molecular formula is C16H23N3O3. The van der Waals surface area contributed by atoms with E-state index >= 15 is 0 Å². The molecule has 4 N–H and O–H groups in total. The molecule has 0 spiro atoms. The molecular weight excluding hydrogens is 282 g/mol. The predicted octanol–water partition coefficient (Wildman–Crippen LogP) is 0.682. The molecule has 6 heteroatoms. The van der Waals surface area contributed by atoms with E-state index in [9.17, 15) is 5.11 Å². The lowest BCUT2D eigenvalue weighted by molar-refractivity contribution is 0.0149. The highest BCUT2D eigenvalue weighted by atomic mass is 16.5. The van der Waals surface area contributed by atoms with E-state index in [-0.39, 0.29) is 5.84 Å². The molecule has 1 atom stereocenters. The van der Waals surface area contributed by atoms with Crippen LogP contribution in [-0.2, 0) is 11.2 Å². The maximum Gasteiger partial charge on any atom is 0.162 e. The summed E-state index contributed by atoms with van der Waals surface area (Å²) in [7, 11) is 0. The second-order valence-electron chi connectivity index (χ2n) is 5.33. The van der Waals surface area contributed by atoms with E-state index in [0.29, 0.717) is 13.0 Å². The van der Waals surface area contributed by atoms with E-state index in [0.717, 1.165) is 37.4 Å². The van der Waals surface area contributed by atoms with Crippen LogP contribution in [0.15, 0.2) is 35.5 Å². The fraction of sp³-hybridized carbons (Fsp3) is 0.438. The first kappa shape index (κ1) is 16.5. The number of aliphatic hydroxyl groups is 1. The van der Waals surface area contributed by atoms with Crippen LogP contribution >= 0.6 is 0 Å². The van der Waals surface area contributed by atoms with Crippen LogP contribution in [0.3, 0.4) is 0 Å². The Balaban J connectivity index is 1.97. The summed E-state index contributed by atoms with van der Waals surface area (Å²) >= 11 is 0. The third-order valence-corrected chi connectivity index (χ3v) is 3.63. The van der Waals surface area contributed by atoms with Gasteiger partial charge in [-0.1, -0.05) is 35.5 Å². The molecule has 1 aromatic carbocycles. The maximum atomic E-state index is 10.3. The highest BCUT2D eigenvalue weighted by molar-refractivity contribution is 5.94. The molecule has 120 valence electrons. The third-order valence-electron chi connectivity index (χ3n) is 3.63. The lowest BCUT2D eigenvalue weighted by atomic mass is 10.0. The number of morpholine rings is 1. The van der Waals surface area contributed by atoms with E-state index in [1.165, 1.54) is 6.08 Å². The van der Waals surface area contributed by atoms with Crippen molar-refractivity contribution in [3.63, 3.8) is 0 Å². The van der Waals surface area contributed by atoms with E-state index in [4.69, 9.17) is 15.7 Å². The van der Waals surface area contributed by atoms with Crippen molar-refractivity contribution >= 4 is 11.9 Å². The number of ether oxygens (including phenoxy) is 1. The summed E-state index contributed by atoms with van der Waals surface area (Å²) in [5.41, 5.74) is 7.43. The van der Waals surface area contributed by atoms with E-state index in [2.05, 4.69) is 10.1 Å². The normalized spacial score (nSPS) is 18.7. The summed E-state index contributed by atoms with van der Waals surface area (Å²) < 4.78 is 5.31. The Morgan fingerprint density at radius 3 is 2.82 bits per heavy atom. The van der Waals surface area contributed by atoms with Crippen molar-refractivity contribution in [1.29, 1.82) is 0 Å². The predicted molar refractivity (Wildman–Crippen MR) is 85.9 cm³/mol. The average molecular weight is 305 g/mol. The van der Waals surface area contributed by atoms with Crippen molar-refractivity contribution in [2.75, 3.05) is 32.8 Å². The number of rotatable bonds is 6. The molecule has 1 unspecified atom stereocenters. The Kier molecular flexibility index (Phi) is 6.39. The minimum absolute atomic E-state index is 0.0451. The van der Waals surface area contributed by atoms with Crippen molar-refractivity contribution < 1.29 is 15.1 Å². The molecule has 1 aromatic rings. The van der Waals surface area contributed by atoms with Gasteiger partial charge in [-0.15, -0.1) is 0 Å². The maximum absolute atomic E-state index is 10.3. The molecule has 1 saturated heterocycles. The molecule has 1 fully saturated rings. The summed E-state index contributed by atoms with van der Waals surface area (Å²) in [6.07, 6.45) is 3.45. The zero-order chi connectivity index (χ0) is 15.8. The smallest absolute Gasteiger partial charge is 0.162 e. The van der Waals surface area contributed by atoms with Crippen LogP contribution in [0.25, 0.3) is 6.08 Å². The van der Waals surface area contributed by atoms with Crippen molar-refractivity contribution in [2.45, 2.75) is 12.5 Å². The Hall–Kier alpha value is -1.89. The summed E-state index contributed by atoms with van der Waals surface area (Å²) in [5.74, 6) is 0.0451. The monoisotopic (exact) mass is 305 g/mol. The lowest BCUT2D eigenvalue weighted by Crippen LogP contribution is -2.41. The Morgan fingerprint density at radius 2 is 2.09 bits per heavy atom. The zero-order valence-electron chi connectivity index (χ0n) is 12.6. The Morgan fingerprint density at radius 1 is 1.36 bits per heavy atom. The summed E-state index contributed by atoms with van der Waals surface area (Å²) in [6.45, 7) is 3.82. The van der Waals surface area contributed by atoms with Gasteiger partial charge >= 0.3 is 0 Å². The number of hydrogen-bond donors (Lipinski definition) is 3. The van der Waals surface area contributed by atoms with Gasteiger partial charge < -0.3 is 20.8 Å². The lowest BCUT2D eigenvalue weighted by Gasteiger charge is -2.28.